The van der Waals surface area contributed by atoms with Crippen LogP contribution in [0.4, 0.5) is 27.7 Å². The number of rotatable bonds is 6. The number of carbonyl (C=O) groups is 1. The average molecular weight is 481 g/mol. The van der Waals surface area contributed by atoms with Gasteiger partial charge in [0.05, 0.1) is 17.6 Å². The summed E-state index contributed by atoms with van der Waals surface area (Å²) in [4.78, 5) is 29.1. The van der Waals surface area contributed by atoms with Gasteiger partial charge in [0, 0.05) is 41.6 Å². The molecule has 0 spiro atoms. The van der Waals surface area contributed by atoms with E-state index in [-0.39, 0.29) is 5.91 Å². The molecule has 9 nitrogen and oxygen atoms in total. The van der Waals surface area contributed by atoms with Crippen LogP contribution < -0.4 is 15.5 Å². The summed E-state index contributed by atoms with van der Waals surface area (Å²) >= 11 is 5.48. The van der Waals surface area contributed by atoms with Gasteiger partial charge in [-0.15, -0.1) is 0 Å². The highest BCUT2D eigenvalue weighted by molar-refractivity contribution is 7.80. The Morgan fingerprint density at radius 1 is 1.29 bits per heavy atom. The van der Waals surface area contributed by atoms with E-state index in [1.807, 2.05) is 11.0 Å². The van der Waals surface area contributed by atoms with Crippen LogP contribution in [-0.4, -0.2) is 48.5 Å². The molecule has 3 aromatic heterocycles. The number of fused-ring (bicyclic) bond motifs is 1. The van der Waals surface area contributed by atoms with Crippen molar-refractivity contribution in [1.82, 2.24) is 25.1 Å². The lowest BCUT2D eigenvalue weighted by molar-refractivity contribution is -0.117. The lowest BCUT2D eigenvalue weighted by Gasteiger charge is -2.25. The summed E-state index contributed by atoms with van der Waals surface area (Å²) in [5, 5.41) is 13.6. The van der Waals surface area contributed by atoms with Crippen molar-refractivity contribution in [3.8, 4) is 0 Å². The summed E-state index contributed by atoms with van der Waals surface area (Å²) in [5.74, 6) is 1.35. The number of hydrogen-bond acceptors (Lipinski definition) is 8. The molecule has 3 aromatic rings. The highest BCUT2D eigenvalue weighted by atomic mass is 32.1. The summed E-state index contributed by atoms with van der Waals surface area (Å²) in [6.07, 6.45) is 4.04. The van der Waals surface area contributed by atoms with Gasteiger partial charge in [-0.25, -0.2) is 9.97 Å². The maximum Gasteiger partial charge on any atom is 0.247 e. The standard InChI is InChI=1S/C23H25FN8OS/c1-12(2)16-10-20(31-30-16)28-21-15-8-14(34)9-17(15)27-23(29-21)32-7-3-4-18(32)22(33)26-13-5-6-19(24)25-11-13/h5-6,10-12,18H,3-4,7-9H2,1-2H3,(H,26,33)(H2,27,28,29,30,31)/t18-/m1/s1. The molecule has 5 rings (SSSR count). The zero-order chi connectivity index (χ0) is 23.8. The second-order valence-corrected chi connectivity index (χ2v) is 9.47. The molecule has 1 aliphatic carbocycles. The van der Waals surface area contributed by atoms with E-state index >= 15 is 0 Å². The molecule has 0 bridgehead atoms. The number of nitrogens with zero attached hydrogens (tertiary/aromatic N) is 5. The fraction of sp³-hybridized carbons (Fsp3) is 0.391. The first-order valence-corrected chi connectivity index (χ1v) is 11.7. The van der Waals surface area contributed by atoms with E-state index in [1.54, 1.807) is 0 Å². The number of halogens is 1. The number of aromatic nitrogens is 5. The van der Waals surface area contributed by atoms with Crippen molar-refractivity contribution in [2.45, 2.75) is 51.5 Å². The minimum Gasteiger partial charge on any atom is -0.329 e. The van der Waals surface area contributed by atoms with Crippen LogP contribution in [0.1, 0.15) is 49.6 Å². The highest BCUT2D eigenvalue weighted by Gasteiger charge is 2.34. The lowest BCUT2D eigenvalue weighted by atomic mass is 10.1. The van der Waals surface area contributed by atoms with E-state index < -0.39 is 12.0 Å². The number of hydrogen-bond donors (Lipinski definition) is 3. The maximum absolute atomic E-state index is 13.1. The van der Waals surface area contributed by atoms with Crippen LogP contribution in [0.5, 0.6) is 0 Å². The van der Waals surface area contributed by atoms with E-state index in [4.69, 9.17) is 22.2 Å². The minimum absolute atomic E-state index is 0.200. The first-order valence-electron chi connectivity index (χ1n) is 11.3. The molecular weight excluding hydrogens is 455 g/mol. The summed E-state index contributed by atoms with van der Waals surface area (Å²) in [5.41, 5.74) is 3.32. The van der Waals surface area contributed by atoms with Crippen molar-refractivity contribution in [3.05, 3.63) is 47.3 Å². The number of aromatic amines is 1. The van der Waals surface area contributed by atoms with Crippen molar-refractivity contribution in [2.24, 2.45) is 0 Å². The van der Waals surface area contributed by atoms with Crippen molar-refractivity contribution in [3.63, 3.8) is 0 Å². The Kier molecular flexibility index (Phi) is 5.94. The van der Waals surface area contributed by atoms with Gasteiger partial charge in [-0.05, 0) is 30.9 Å². The number of pyridine rings is 1. The first kappa shape index (κ1) is 22.3. The van der Waals surface area contributed by atoms with Gasteiger partial charge in [-0.3, -0.25) is 9.89 Å². The second kappa shape index (κ2) is 9.05. The smallest absolute Gasteiger partial charge is 0.247 e. The number of anilines is 4. The summed E-state index contributed by atoms with van der Waals surface area (Å²) in [6.45, 7) is 4.84. The monoisotopic (exact) mass is 480 g/mol. The van der Waals surface area contributed by atoms with Gasteiger partial charge in [-0.1, -0.05) is 26.1 Å². The first-order chi connectivity index (χ1) is 16.4. The zero-order valence-corrected chi connectivity index (χ0v) is 19.7. The Balaban J connectivity index is 1.42. The van der Waals surface area contributed by atoms with Crippen LogP contribution in [-0.2, 0) is 17.6 Å². The number of amides is 1. The van der Waals surface area contributed by atoms with Gasteiger partial charge in [0.25, 0.3) is 0 Å². The van der Waals surface area contributed by atoms with Crippen molar-refractivity contribution >= 4 is 46.3 Å². The van der Waals surface area contributed by atoms with Gasteiger partial charge in [0.1, 0.15) is 11.9 Å². The molecule has 1 saturated heterocycles. The minimum atomic E-state index is -0.595. The molecule has 0 aromatic carbocycles. The molecule has 4 heterocycles. The predicted molar refractivity (Wildman–Crippen MR) is 131 cm³/mol. The molecule has 3 N–H and O–H groups in total. The molecule has 1 aliphatic heterocycles. The zero-order valence-electron chi connectivity index (χ0n) is 18.9. The molecule has 0 radical (unpaired) electrons. The summed E-state index contributed by atoms with van der Waals surface area (Å²) in [7, 11) is 0. The predicted octanol–water partition coefficient (Wildman–Crippen LogP) is 3.68. The van der Waals surface area contributed by atoms with E-state index in [9.17, 15) is 9.18 Å². The molecule has 176 valence electrons. The van der Waals surface area contributed by atoms with Gasteiger partial charge in [0.15, 0.2) is 5.82 Å². The van der Waals surface area contributed by atoms with Gasteiger partial charge in [-0.2, -0.15) is 14.5 Å². The summed E-state index contributed by atoms with van der Waals surface area (Å²) < 4.78 is 13.1. The molecule has 1 amide bonds. The Bertz CT molecular complexity index is 1240. The Morgan fingerprint density at radius 2 is 2.15 bits per heavy atom. The Labute approximate surface area is 201 Å². The fourth-order valence-corrected chi connectivity index (χ4v) is 4.58. The Morgan fingerprint density at radius 3 is 2.88 bits per heavy atom. The molecule has 2 aliphatic rings. The summed E-state index contributed by atoms with van der Waals surface area (Å²) in [6, 6.07) is 4.23. The molecule has 34 heavy (non-hydrogen) atoms. The lowest BCUT2D eigenvalue weighted by Crippen LogP contribution is -2.40. The third-order valence-corrected chi connectivity index (χ3v) is 6.38. The van der Waals surface area contributed by atoms with Gasteiger partial charge >= 0.3 is 0 Å². The molecule has 1 atom stereocenters. The largest absolute Gasteiger partial charge is 0.329 e. The van der Waals surface area contributed by atoms with Crippen LogP contribution in [0.3, 0.4) is 0 Å². The molecule has 0 saturated carbocycles. The van der Waals surface area contributed by atoms with Crippen LogP contribution >= 0.6 is 12.2 Å². The van der Waals surface area contributed by atoms with Crippen molar-refractivity contribution < 1.29 is 9.18 Å². The van der Waals surface area contributed by atoms with Crippen LogP contribution in [0.2, 0.25) is 0 Å². The van der Waals surface area contributed by atoms with Crippen LogP contribution in [0.25, 0.3) is 0 Å². The molecule has 0 unspecified atom stereocenters. The van der Waals surface area contributed by atoms with E-state index in [2.05, 4.69) is 39.7 Å². The topological polar surface area (TPSA) is 112 Å². The van der Waals surface area contributed by atoms with E-state index in [0.29, 0.717) is 55.0 Å². The van der Waals surface area contributed by atoms with Crippen molar-refractivity contribution in [1.29, 1.82) is 0 Å². The Hall–Kier alpha value is -3.47. The number of nitrogens with one attached hydrogen (secondary N) is 3. The molecular formula is C23H25FN8OS. The second-order valence-electron chi connectivity index (χ2n) is 8.89. The van der Waals surface area contributed by atoms with E-state index in [1.165, 1.54) is 18.3 Å². The number of carbonyl (C=O) groups excluding carboxylic acids is 1. The van der Waals surface area contributed by atoms with Gasteiger partial charge < -0.3 is 15.5 Å². The fourth-order valence-electron chi connectivity index (χ4n) is 4.30. The number of H-pyrrole nitrogens is 1. The molecule has 11 heteroatoms. The normalized spacial score (nSPS) is 17.4. The maximum atomic E-state index is 13.1. The van der Waals surface area contributed by atoms with Crippen LogP contribution in [0, 0.1) is 5.95 Å². The molecule has 1 fully saturated rings. The number of thiocarbonyl (C=S) groups is 1. The SMILES string of the molecule is CC(C)c1cc(Nc2nc(N3CCC[C@@H]3C(=O)Nc3ccc(F)nc3)nc3c2CC(=S)C3)n[nH]1. The van der Waals surface area contributed by atoms with Crippen LogP contribution in [0.15, 0.2) is 24.4 Å². The van der Waals surface area contributed by atoms with Crippen molar-refractivity contribution in [2.75, 3.05) is 22.1 Å². The van der Waals surface area contributed by atoms with Gasteiger partial charge in [0.2, 0.25) is 17.8 Å². The quantitative estimate of drug-likeness (QED) is 0.362. The van der Waals surface area contributed by atoms with E-state index in [0.717, 1.165) is 28.2 Å². The highest BCUT2D eigenvalue weighted by Crippen LogP contribution is 2.32. The third kappa shape index (κ3) is 4.47. The average Bonchev–Trinajstić information content (AvgIpc) is 3.54. The third-order valence-electron chi connectivity index (χ3n) is 6.09.